The van der Waals surface area contributed by atoms with Gasteiger partial charge in [-0.2, -0.15) is 0 Å². The molecule has 0 fully saturated rings. The lowest BCUT2D eigenvalue weighted by atomic mass is 9.95. The van der Waals surface area contributed by atoms with Gasteiger partial charge in [-0.05, 0) is 24.1 Å². The van der Waals surface area contributed by atoms with Crippen LogP contribution in [0, 0.1) is 0 Å². The zero-order valence-electron chi connectivity index (χ0n) is 8.51. The number of amides is 1. The first kappa shape index (κ1) is 9.55. The Labute approximate surface area is 86.9 Å². The molecule has 0 radical (unpaired) electrons. The van der Waals surface area contributed by atoms with Gasteiger partial charge in [-0.3, -0.25) is 4.79 Å². The Kier molecular flexibility index (Phi) is 1.91. The number of carbonyl (C=O) groups excluding carboxylic acids is 1. The normalized spacial score (nSPS) is 23.6. The smallest absolute Gasteiger partial charge is 0.243 e. The van der Waals surface area contributed by atoms with Gasteiger partial charge in [-0.15, -0.1) is 0 Å². The monoisotopic (exact) mass is 202 g/mol. The van der Waals surface area contributed by atoms with Crippen LogP contribution in [0.3, 0.4) is 0 Å². The van der Waals surface area contributed by atoms with Crippen LogP contribution < -0.4 is 4.90 Å². The van der Waals surface area contributed by atoms with E-state index in [9.17, 15) is 4.79 Å². The molecule has 5 heteroatoms. The van der Waals surface area contributed by atoms with Crippen LogP contribution in [0.15, 0.2) is 29.4 Å². The highest BCUT2D eigenvalue weighted by Crippen LogP contribution is 2.41. The van der Waals surface area contributed by atoms with E-state index in [1.807, 2.05) is 24.3 Å². The lowest BCUT2D eigenvalue weighted by Gasteiger charge is -2.15. The molecule has 1 unspecified atom stereocenters. The van der Waals surface area contributed by atoms with Crippen LogP contribution in [0.25, 0.3) is 10.4 Å². The average molecular weight is 202 g/mol. The van der Waals surface area contributed by atoms with E-state index in [1.165, 1.54) is 4.90 Å². The fraction of sp³-hybridized carbons (Fsp3) is 0.300. The molecule has 0 saturated carbocycles. The fourth-order valence-electron chi connectivity index (χ4n) is 1.92. The highest BCUT2D eigenvalue weighted by Gasteiger charge is 2.45. The van der Waals surface area contributed by atoms with Gasteiger partial charge in [0.25, 0.3) is 0 Å². The summed E-state index contributed by atoms with van der Waals surface area (Å²) < 4.78 is 0. The van der Waals surface area contributed by atoms with E-state index in [4.69, 9.17) is 5.53 Å². The summed E-state index contributed by atoms with van der Waals surface area (Å²) >= 11 is 0. The number of fused-ring (bicyclic) bond motifs is 1. The van der Waals surface area contributed by atoms with Crippen molar-refractivity contribution in [3.63, 3.8) is 0 Å². The predicted molar refractivity (Wildman–Crippen MR) is 56.4 cm³/mol. The van der Waals surface area contributed by atoms with Gasteiger partial charge in [0.05, 0.1) is 0 Å². The second-order valence-corrected chi connectivity index (χ2v) is 3.64. The Bertz CT molecular complexity index is 478. The third-order valence-corrected chi connectivity index (χ3v) is 2.76. The largest absolute Gasteiger partial charge is 0.314 e. The minimum atomic E-state index is -1.10. The van der Waals surface area contributed by atoms with Gasteiger partial charge in [0.1, 0.15) is 0 Å². The molecule has 0 aromatic heterocycles. The van der Waals surface area contributed by atoms with E-state index in [0.29, 0.717) is 0 Å². The minimum absolute atomic E-state index is 0.193. The quantitative estimate of drug-likeness (QED) is 0.391. The van der Waals surface area contributed by atoms with Crippen molar-refractivity contribution in [2.24, 2.45) is 5.11 Å². The first-order valence-corrected chi connectivity index (χ1v) is 4.55. The third kappa shape index (κ3) is 1.10. The molecule has 0 aliphatic carbocycles. The minimum Gasteiger partial charge on any atom is -0.314 e. The van der Waals surface area contributed by atoms with E-state index in [1.54, 1.807) is 14.0 Å². The van der Waals surface area contributed by atoms with Gasteiger partial charge in [0.2, 0.25) is 5.91 Å². The number of para-hydroxylation sites is 1. The number of azide groups is 1. The van der Waals surface area contributed by atoms with Crippen molar-refractivity contribution >= 4 is 11.6 Å². The van der Waals surface area contributed by atoms with Gasteiger partial charge in [-0.1, -0.05) is 23.3 Å². The van der Waals surface area contributed by atoms with E-state index in [0.717, 1.165) is 11.3 Å². The Morgan fingerprint density at radius 1 is 1.47 bits per heavy atom. The zero-order chi connectivity index (χ0) is 11.1. The first-order valence-electron chi connectivity index (χ1n) is 4.55. The zero-order valence-corrected chi connectivity index (χ0v) is 8.51. The Morgan fingerprint density at radius 2 is 2.13 bits per heavy atom. The van der Waals surface area contributed by atoms with Gasteiger partial charge in [0, 0.05) is 17.6 Å². The number of anilines is 1. The maximum Gasteiger partial charge on any atom is 0.243 e. The van der Waals surface area contributed by atoms with E-state index in [2.05, 4.69) is 10.0 Å². The molecule has 1 aliphatic heterocycles. The van der Waals surface area contributed by atoms with Crippen molar-refractivity contribution in [1.82, 2.24) is 0 Å². The molecule has 5 nitrogen and oxygen atoms in total. The lowest BCUT2D eigenvalue weighted by Crippen LogP contribution is -2.34. The summed E-state index contributed by atoms with van der Waals surface area (Å²) in [5, 5.41) is 3.62. The number of nitrogens with zero attached hydrogens (tertiary/aromatic N) is 4. The summed E-state index contributed by atoms with van der Waals surface area (Å²) in [6.45, 7) is 1.64. The second-order valence-electron chi connectivity index (χ2n) is 3.64. The number of hydrogen-bond donors (Lipinski definition) is 0. The maximum atomic E-state index is 11.9. The molecule has 1 heterocycles. The molecule has 15 heavy (non-hydrogen) atoms. The molecule has 76 valence electrons. The molecule has 1 aromatic carbocycles. The van der Waals surface area contributed by atoms with Crippen LogP contribution in [0.4, 0.5) is 5.69 Å². The Hall–Kier alpha value is -2.00. The molecule has 1 aliphatic rings. The third-order valence-electron chi connectivity index (χ3n) is 2.76. The van der Waals surface area contributed by atoms with Gasteiger partial charge >= 0.3 is 0 Å². The molecule has 0 spiro atoms. The van der Waals surface area contributed by atoms with Crippen LogP contribution >= 0.6 is 0 Å². The topological polar surface area (TPSA) is 69.1 Å². The van der Waals surface area contributed by atoms with Crippen molar-refractivity contribution in [1.29, 1.82) is 0 Å². The summed E-state index contributed by atoms with van der Waals surface area (Å²) in [6.07, 6.45) is 0. The number of likely N-dealkylation sites (N-methyl/N-ethyl adjacent to an activating group) is 1. The summed E-state index contributed by atoms with van der Waals surface area (Å²) in [7, 11) is 1.68. The lowest BCUT2D eigenvalue weighted by molar-refractivity contribution is -0.122. The molecule has 0 saturated heterocycles. The predicted octanol–water partition coefficient (Wildman–Crippen LogP) is 2.19. The summed E-state index contributed by atoms with van der Waals surface area (Å²) in [6, 6.07) is 7.33. The second kappa shape index (κ2) is 3.00. The number of hydrogen-bond acceptors (Lipinski definition) is 2. The SMILES string of the molecule is CN1C(=O)C(C)(N=[N+]=[N-])c2ccccc21. The van der Waals surface area contributed by atoms with Crippen LogP contribution in [-0.2, 0) is 10.3 Å². The van der Waals surface area contributed by atoms with E-state index >= 15 is 0 Å². The highest BCUT2D eigenvalue weighted by atomic mass is 16.2. The van der Waals surface area contributed by atoms with Gasteiger partial charge in [-0.25, -0.2) is 0 Å². The molecule has 1 atom stereocenters. The molecule has 1 amide bonds. The van der Waals surface area contributed by atoms with Crippen LogP contribution in [-0.4, -0.2) is 13.0 Å². The number of rotatable bonds is 1. The van der Waals surface area contributed by atoms with Crippen molar-refractivity contribution < 1.29 is 4.79 Å². The van der Waals surface area contributed by atoms with E-state index < -0.39 is 5.54 Å². The number of benzene rings is 1. The van der Waals surface area contributed by atoms with Crippen molar-refractivity contribution in [3.05, 3.63) is 40.3 Å². The molecular formula is C10H10N4O. The molecule has 0 bridgehead atoms. The van der Waals surface area contributed by atoms with Crippen LogP contribution in [0.2, 0.25) is 0 Å². The average Bonchev–Trinajstić information content (AvgIpc) is 2.43. The molecule has 0 N–H and O–H groups in total. The Morgan fingerprint density at radius 3 is 2.80 bits per heavy atom. The standard InChI is InChI=1S/C10H10N4O/c1-10(12-13-11)7-5-3-4-6-8(7)14(2)9(10)15/h3-6H,1-2H3. The molecular weight excluding hydrogens is 192 g/mol. The highest BCUT2D eigenvalue weighted by molar-refractivity contribution is 6.07. The molecule has 2 rings (SSSR count). The van der Waals surface area contributed by atoms with Crippen molar-refractivity contribution in [2.45, 2.75) is 12.5 Å². The van der Waals surface area contributed by atoms with Gasteiger partial charge in [0.15, 0.2) is 5.54 Å². The van der Waals surface area contributed by atoms with Crippen LogP contribution in [0.5, 0.6) is 0 Å². The Balaban J connectivity index is 2.71. The van der Waals surface area contributed by atoms with Gasteiger partial charge < -0.3 is 4.90 Å². The fourth-order valence-corrected chi connectivity index (χ4v) is 1.92. The van der Waals surface area contributed by atoms with Crippen molar-refractivity contribution in [2.75, 3.05) is 11.9 Å². The summed E-state index contributed by atoms with van der Waals surface area (Å²) in [5.74, 6) is -0.193. The maximum absolute atomic E-state index is 11.9. The first-order chi connectivity index (χ1) is 7.11. The molecule has 1 aromatic rings. The van der Waals surface area contributed by atoms with Crippen LogP contribution in [0.1, 0.15) is 12.5 Å². The summed E-state index contributed by atoms with van der Waals surface area (Å²) in [5.41, 5.74) is 8.97. The van der Waals surface area contributed by atoms with Crippen molar-refractivity contribution in [3.8, 4) is 0 Å². The number of carbonyl (C=O) groups is 1. The summed E-state index contributed by atoms with van der Waals surface area (Å²) in [4.78, 5) is 16.2. The van der Waals surface area contributed by atoms with E-state index in [-0.39, 0.29) is 5.91 Å².